The number of hydrogen-bond donors (Lipinski definition) is 1. The predicted octanol–water partition coefficient (Wildman–Crippen LogP) is 4.19. The highest BCUT2D eigenvalue weighted by molar-refractivity contribution is 6.07. The lowest BCUT2D eigenvalue weighted by Gasteiger charge is -2.44. The first-order valence-corrected chi connectivity index (χ1v) is 11.1. The molecule has 1 N–H and O–H groups in total. The molecule has 0 unspecified atom stereocenters. The maximum Gasteiger partial charge on any atom is 0.259 e. The molecule has 2 fully saturated rings. The Balaban J connectivity index is 1.40. The second-order valence-corrected chi connectivity index (χ2v) is 8.58. The molecular formula is C24H28N4O2. The number of carbonyl (C=O) groups is 1. The molecule has 0 radical (unpaired) electrons. The number of piperidine rings is 2. The summed E-state index contributed by atoms with van der Waals surface area (Å²) in [6, 6.07) is 12.3. The molecule has 6 nitrogen and oxygen atoms in total. The predicted molar refractivity (Wildman–Crippen MR) is 116 cm³/mol. The number of aryl methyl sites for hydroxylation is 1. The van der Waals surface area contributed by atoms with Gasteiger partial charge in [0.25, 0.3) is 11.6 Å². The van der Waals surface area contributed by atoms with E-state index < -0.39 is 0 Å². The molecule has 4 heterocycles. The van der Waals surface area contributed by atoms with Crippen LogP contribution >= 0.6 is 0 Å². The van der Waals surface area contributed by atoms with Gasteiger partial charge in [0.1, 0.15) is 0 Å². The molecule has 0 aliphatic carbocycles. The smallest absolute Gasteiger partial charge is 0.259 e. The van der Waals surface area contributed by atoms with Crippen molar-refractivity contribution in [1.82, 2.24) is 20.4 Å². The second kappa shape index (κ2) is 8.19. The molecule has 5 rings (SSSR count). The highest BCUT2D eigenvalue weighted by Crippen LogP contribution is 2.31. The summed E-state index contributed by atoms with van der Waals surface area (Å²) in [5.74, 6) is 0.455. The molecule has 1 amide bonds. The molecule has 2 saturated heterocycles. The van der Waals surface area contributed by atoms with Crippen LogP contribution in [0.4, 0.5) is 0 Å². The maximum atomic E-state index is 13.3. The Morgan fingerprint density at radius 3 is 2.87 bits per heavy atom. The molecule has 0 saturated carbocycles. The standard InChI is InChI=1S/C24H28N4O2/c1-16-22-19(14-20(26-24(22)30-27-16)17-8-3-2-4-9-17)23(29)25-15-18-10-7-13-28-12-6-5-11-21(18)28/h2-4,8-9,14,18,21H,5-7,10-13,15H2,1H3,(H,25,29)/t18-,21+/m0/s1. The summed E-state index contributed by atoms with van der Waals surface area (Å²) in [6.45, 7) is 4.99. The Kier molecular flexibility index (Phi) is 5.25. The number of nitrogens with one attached hydrogen (secondary N) is 1. The van der Waals surface area contributed by atoms with Gasteiger partial charge in [0.05, 0.1) is 22.3 Å². The average Bonchev–Trinajstić information content (AvgIpc) is 3.18. The monoisotopic (exact) mass is 404 g/mol. The maximum absolute atomic E-state index is 13.3. The number of pyridine rings is 1. The molecule has 30 heavy (non-hydrogen) atoms. The summed E-state index contributed by atoms with van der Waals surface area (Å²) >= 11 is 0. The number of nitrogens with zero attached hydrogens (tertiary/aromatic N) is 3. The third-order valence-electron chi connectivity index (χ3n) is 6.68. The normalized spacial score (nSPS) is 22.0. The van der Waals surface area contributed by atoms with Crippen LogP contribution in [0, 0.1) is 12.8 Å². The van der Waals surface area contributed by atoms with Crippen LogP contribution in [-0.4, -0.2) is 46.6 Å². The summed E-state index contributed by atoms with van der Waals surface area (Å²) in [7, 11) is 0. The summed E-state index contributed by atoms with van der Waals surface area (Å²) < 4.78 is 5.42. The molecular weight excluding hydrogens is 376 g/mol. The SMILES string of the molecule is Cc1noc2nc(-c3ccccc3)cc(C(=O)NC[C@@H]3CCCN4CCCC[C@H]34)c12. The van der Waals surface area contributed by atoms with Gasteiger partial charge in [-0.3, -0.25) is 4.79 Å². The summed E-state index contributed by atoms with van der Waals surface area (Å²) in [5, 5.41) is 7.98. The van der Waals surface area contributed by atoms with E-state index in [1.54, 1.807) is 0 Å². The quantitative estimate of drug-likeness (QED) is 0.706. The fourth-order valence-corrected chi connectivity index (χ4v) is 5.16. The van der Waals surface area contributed by atoms with Crippen LogP contribution in [0.25, 0.3) is 22.4 Å². The molecule has 2 aromatic heterocycles. The number of rotatable bonds is 4. The van der Waals surface area contributed by atoms with Gasteiger partial charge in [-0.2, -0.15) is 0 Å². The van der Waals surface area contributed by atoms with Crippen molar-refractivity contribution in [3.05, 3.63) is 47.7 Å². The van der Waals surface area contributed by atoms with Crippen molar-refractivity contribution in [2.24, 2.45) is 5.92 Å². The van der Waals surface area contributed by atoms with Crippen LogP contribution in [0.3, 0.4) is 0 Å². The first-order valence-electron chi connectivity index (χ1n) is 11.1. The van der Waals surface area contributed by atoms with E-state index in [2.05, 4.69) is 20.4 Å². The van der Waals surface area contributed by atoms with Gasteiger partial charge in [0.15, 0.2) is 0 Å². The minimum atomic E-state index is -0.0705. The van der Waals surface area contributed by atoms with Crippen LogP contribution in [0.5, 0.6) is 0 Å². The molecule has 2 atom stereocenters. The number of hydrogen-bond acceptors (Lipinski definition) is 5. The Hall–Kier alpha value is -2.73. The third kappa shape index (κ3) is 3.60. The number of fused-ring (bicyclic) bond motifs is 2. The molecule has 0 bridgehead atoms. The lowest BCUT2D eigenvalue weighted by molar-refractivity contribution is 0.0576. The highest BCUT2D eigenvalue weighted by Gasteiger charge is 2.33. The molecule has 3 aromatic rings. The Morgan fingerprint density at radius 2 is 2.00 bits per heavy atom. The Bertz CT molecular complexity index is 1040. The third-order valence-corrected chi connectivity index (χ3v) is 6.68. The van der Waals surface area contributed by atoms with E-state index in [9.17, 15) is 4.79 Å². The van der Waals surface area contributed by atoms with Gasteiger partial charge in [0, 0.05) is 18.2 Å². The minimum Gasteiger partial charge on any atom is -0.352 e. The zero-order valence-electron chi connectivity index (χ0n) is 17.4. The van der Waals surface area contributed by atoms with E-state index in [4.69, 9.17) is 4.52 Å². The first-order chi connectivity index (χ1) is 14.7. The summed E-state index contributed by atoms with van der Waals surface area (Å²) in [5.41, 5.74) is 3.37. The lowest BCUT2D eigenvalue weighted by atomic mass is 9.83. The van der Waals surface area contributed by atoms with Gasteiger partial charge in [-0.05, 0) is 57.7 Å². The van der Waals surface area contributed by atoms with E-state index in [-0.39, 0.29) is 5.91 Å². The van der Waals surface area contributed by atoms with Crippen LogP contribution in [-0.2, 0) is 0 Å². The molecule has 2 aliphatic rings. The van der Waals surface area contributed by atoms with Crippen molar-refractivity contribution < 1.29 is 9.32 Å². The average molecular weight is 405 g/mol. The number of benzene rings is 1. The van der Waals surface area contributed by atoms with E-state index in [0.29, 0.717) is 34.3 Å². The van der Waals surface area contributed by atoms with Crippen molar-refractivity contribution in [3.8, 4) is 11.3 Å². The van der Waals surface area contributed by atoms with Crippen molar-refractivity contribution in [2.75, 3.05) is 19.6 Å². The fraction of sp³-hybridized carbons (Fsp3) is 0.458. The van der Waals surface area contributed by atoms with Crippen LogP contribution in [0.15, 0.2) is 40.9 Å². The molecule has 156 valence electrons. The molecule has 6 heteroatoms. The molecule has 1 aromatic carbocycles. The Morgan fingerprint density at radius 1 is 1.17 bits per heavy atom. The van der Waals surface area contributed by atoms with Gasteiger partial charge in [-0.25, -0.2) is 4.98 Å². The van der Waals surface area contributed by atoms with Crippen LogP contribution in [0.2, 0.25) is 0 Å². The molecule has 2 aliphatic heterocycles. The van der Waals surface area contributed by atoms with Crippen molar-refractivity contribution in [1.29, 1.82) is 0 Å². The largest absolute Gasteiger partial charge is 0.352 e. The fourth-order valence-electron chi connectivity index (χ4n) is 5.16. The first kappa shape index (κ1) is 19.2. The van der Waals surface area contributed by atoms with Gasteiger partial charge in [-0.1, -0.05) is 41.9 Å². The van der Waals surface area contributed by atoms with E-state index in [1.807, 2.05) is 43.3 Å². The van der Waals surface area contributed by atoms with Gasteiger partial charge >= 0.3 is 0 Å². The van der Waals surface area contributed by atoms with Gasteiger partial charge < -0.3 is 14.7 Å². The van der Waals surface area contributed by atoms with Crippen LogP contribution in [0.1, 0.15) is 48.2 Å². The zero-order chi connectivity index (χ0) is 20.5. The summed E-state index contributed by atoms with van der Waals surface area (Å²) in [6.07, 6.45) is 6.27. The van der Waals surface area contributed by atoms with Gasteiger partial charge in [-0.15, -0.1) is 0 Å². The van der Waals surface area contributed by atoms with Crippen molar-refractivity contribution >= 4 is 17.0 Å². The minimum absolute atomic E-state index is 0.0705. The second-order valence-electron chi connectivity index (χ2n) is 8.58. The van der Waals surface area contributed by atoms with E-state index in [1.165, 1.54) is 45.2 Å². The summed E-state index contributed by atoms with van der Waals surface area (Å²) in [4.78, 5) is 20.5. The number of amides is 1. The Labute approximate surface area is 176 Å². The topological polar surface area (TPSA) is 71.3 Å². The number of carbonyl (C=O) groups excluding carboxylic acids is 1. The zero-order valence-corrected chi connectivity index (χ0v) is 17.4. The van der Waals surface area contributed by atoms with E-state index in [0.717, 1.165) is 17.8 Å². The molecule has 0 spiro atoms. The highest BCUT2D eigenvalue weighted by atomic mass is 16.5. The van der Waals surface area contributed by atoms with E-state index >= 15 is 0 Å². The van der Waals surface area contributed by atoms with Crippen molar-refractivity contribution in [2.45, 2.75) is 45.1 Å². The van der Waals surface area contributed by atoms with Crippen LogP contribution < -0.4 is 5.32 Å². The van der Waals surface area contributed by atoms with Gasteiger partial charge in [0.2, 0.25) is 0 Å². The van der Waals surface area contributed by atoms with Crippen molar-refractivity contribution in [3.63, 3.8) is 0 Å². The number of aromatic nitrogens is 2. The lowest BCUT2D eigenvalue weighted by Crippen LogP contribution is -2.51.